The Morgan fingerprint density at radius 2 is 2.19 bits per heavy atom. The first kappa shape index (κ1) is 12.1. The summed E-state index contributed by atoms with van der Waals surface area (Å²) in [5, 5.41) is 12.7. The van der Waals surface area contributed by atoms with Gasteiger partial charge in [0.1, 0.15) is 0 Å². The zero-order chi connectivity index (χ0) is 11.6. The zero-order valence-corrected chi connectivity index (χ0v) is 11.0. The van der Waals surface area contributed by atoms with Crippen molar-refractivity contribution < 1.29 is 5.11 Å². The first-order chi connectivity index (χ1) is 7.62. The van der Waals surface area contributed by atoms with E-state index in [1.165, 1.54) is 0 Å². The molecule has 0 saturated carbocycles. The molecule has 1 aromatic heterocycles. The van der Waals surface area contributed by atoms with E-state index in [2.05, 4.69) is 30.2 Å². The molecule has 1 unspecified atom stereocenters. The average Bonchev–Trinajstić information content (AvgIpc) is 2.70. The van der Waals surface area contributed by atoms with Crippen LogP contribution in [0.2, 0.25) is 0 Å². The predicted molar refractivity (Wildman–Crippen MR) is 68.8 cm³/mol. The summed E-state index contributed by atoms with van der Waals surface area (Å²) in [5.41, 5.74) is -0.572. The Hall–Kier alpha value is -0.380. The van der Waals surface area contributed by atoms with Crippen molar-refractivity contribution in [1.29, 1.82) is 0 Å². The van der Waals surface area contributed by atoms with Gasteiger partial charge >= 0.3 is 0 Å². The van der Waals surface area contributed by atoms with Crippen molar-refractivity contribution in [1.82, 2.24) is 4.90 Å². The minimum atomic E-state index is -0.572. The van der Waals surface area contributed by atoms with Gasteiger partial charge in [-0.2, -0.15) is 0 Å². The van der Waals surface area contributed by atoms with Crippen LogP contribution in [0, 0.1) is 0 Å². The maximum absolute atomic E-state index is 10.7. The van der Waals surface area contributed by atoms with Gasteiger partial charge in [0.05, 0.1) is 5.60 Å². The summed E-state index contributed by atoms with van der Waals surface area (Å²) in [6.45, 7) is 6.59. The summed E-state index contributed by atoms with van der Waals surface area (Å²) < 4.78 is 0. The number of hydrogen-bond donors (Lipinski definition) is 1. The van der Waals surface area contributed by atoms with Gasteiger partial charge in [0, 0.05) is 17.5 Å². The first-order valence-corrected chi connectivity index (χ1v) is 7.00. The molecule has 2 heterocycles. The van der Waals surface area contributed by atoms with E-state index in [-0.39, 0.29) is 0 Å². The molecule has 1 aliphatic heterocycles. The molecule has 2 nitrogen and oxygen atoms in total. The Labute approximate surface area is 102 Å². The summed E-state index contributed by atoms with van der Waals surface area (Å²) in [5.74, 6) is 0. The lowest BCUT2D eigenvalue weighted by atomic mass is 9.93. The largest absolute Gasteiger partial charge is 0.384 e. The number of hydrogen-bond acceptors (Lipinski definition) is 3. The third-order valence-electron chi connectivity index (χ3n) is 3.56. The smallest absolute Gasteiger partial charge is 0.1000 e. The molecule has 1 aliphatic rings. The van der Waals surface area contributed by atoms with E-state index >= 15 is 0 Å². The lowest BCUT2D eigenvalue weighted by molar-refractivity contribution is 0.0240. The highest BCUT2D eigenvalue weighted by Crippen LogP contribution is 2.35. The first-order valence-electron chi connectivity index (χ1n) is 6.12. The highest BCUT2D eigenvalue weighted by molar-refractivity contribution is 7.10. The lowest BCUT2D eigenvalue weighted by Crippen LogP contribution is -2.33. The van der Waals surface area contributed by atoms with Gasteiger partial charge in [0.25, 0.3) is 0 Å². The lowest BCUT2D eigenvalue weighted by Gasteiger charge is -2.27. The van der Waals surface area contributed by atoms with Crippen LogP contribution in [0.25, 0.3) is 0 Å². The van der Waals surface area contributed by atoms with E-state index in [9.17, 15) is 5.11 Å². The molecule has 2 rings (SSSR count). The van der Waals surface area contributed by atoms with E-state index in [0.717, 1.165) is 37.2 Å². The molecule has 16 heavy (non-hydrogen) atoms. The standard InChI is InChI=1S/C13H21NOS/c1-11(2)14-8-4-6-13(15,7-9-14)12-5-3-10-16-12/h3,5,10-11,15H,4,6-9H2,1-2H3. The van der Waals surface area contributed by atoms with Crippen LogP contribution in [-0.4, -0.2) is 29.1 Å². The second kappa shape index (κ2) is 4.86. The normalized spacial score (nSPS) is 28.2. The minimum absolute atomic E-state index is 0.572. The van der Waals surface area contributed by atoms with E-state index in [1.54, 1.807) is 11.3 Å². The van der Waals surface area contributed by atoms with Gasteiger partial charge < -0.3 is 10.0 Å². The van der Waals surface area contributed by atoms with E-state index in [1.807, 2.05) is 6.07 Å². The zero-order valence-electron chi connectivity index (χ0n) is 10.1. The minimum Gasteiger partial charge on any atom is -0.384 e. The van der Waals surface area contributed by atoms with Crippen molar-refractivity contribution in [3.63, 3.8) is 0 Å². The molecule has 0 amide bonds. The Morgan fingerprint density at radius 3 is 2.81 bits per heavy atom. The Bertz CT molecular complexity index is 323. The van der Waals surface area contributed by atoms with Gasteiger partial charge in [-0.3, -0.25) is 0 Å². The van der Waals surface area contributed by atoms with Crippen LogP contribution in [0.3, 0.4) is 0 Å². The van der Waals surface area contributed by atoms with Crippen LogP contribution in [0.1, 0.15) is 38.0 Å². The summed E-state index contributed by atoms with van der Waals surface area (Å²) in [6, 6.07) is 4.68. The third kappa shape index (κ3) is 2.47. The van der Waals surface area contributed by atoms with E-state index in [0.29, 0.717) is 6.04 Å². The maximum Gasteiger partial charge on any atom is 0.1000 e. The molecule has 3 heteroatoms. The van der Waals surface area contributed by atoms with E-state index in [4.69, 9.17) is 0 Å². The molecule has 0 spiro atoms. The number of aliphatic hydroxyl groups is 1. The van der Waals surface area contributed by atoms with Crippen molar-refractivity contribution in [3.8, 4) is 0 Å². The molecule has 0 radical (unpaired) electrons. The van der Waals surface area contributed by atoms with Crippen molar-refractivity contribution >= 4 is 11.3 Å². The van der Waals surface area contributed by atoms with E-state index < -0.39 is 5.60 Å². The van der Waals surface area contributed by atoms with Crippen LogP contribution >= 0.6 is 11.3 Å². The number of thiophene rings is 1. The second-order valence-electron chi connectivity index (χ2n) is 4.99. The summed E-state index contributed by atoms with van der Waals surface area (Å²) in [7, 11) is 0. The third-order valence-corrected chi connectivity index (χ3v) is 4.62. The van der Waals surface area contributed by atoms with Crippen molar-refractivity contribution in [2.75, 3.05) is 13.1 Å². The van der Waals surface area contributed by atoms with Gasteiger partial charge in [0.15, 0.2) is 0 Å². The highest BCUT2D eigenvalue weighted by Gasteiger charge is 2.33. The molecule has 1 saturated heterocycles. The average molecular weight is 239 g/mol. The van der Waals surface area contributed by atoms with Crippen molar-refractivity contribution in [2.45, 2.75) is 44.8 Å². The molecule has 0 aromatic carbocycles. The van der Waals surface area contributed by atoms with Gasteiger partial charge in [-0.05, 0) is 51.1 Å². The predicted octanol–water partition coefficient (Wildman–Crippen LogP) is 2.83. The molecule has 90 valence electrons. The van der Waals surface area contributed by atoms with Crippen LogP contribution in [0.5, 0.6) is 0 Å². The molecular formula is C13H21NOS. The molecule has 1 N–H and O–H groups in total. The molecular weight excluding hydrogens is 218 g/mol. The number of rotatable bonds is 2. The monoisotopic (exact) mass is 239 g/mol. The maximum atomic E-state index is 10.7. The van der Waals surface area contributed by atoms with Crippen LogP contribution in [-0.2, 0) is 5.60 Å². The molecule has 0 aliphatic carbocycles. The Balaban J connectivity index is 2.08. The number of nitrogens with zero attached hydrogens (tertiary/aromatic N) is 1. The van der Waals surface area contributed by atoms with Gasteiger partial charge in [-0.15, -0.1) is 11.3 Å². The second-order valence-corrected chi connectivity index (χ2v) is 5.94. The quantitative estimate of drug-likeness (QED) is 0.858. The van der Waals surface area contributed by atoms with Crippen molar-refractivity contribution in [2.24, 2.45) is 0 Å². The summed E-state index contributed by atoms with van der Waals surface area (Å²) >= 11 is 1.68. The Kier molecular flexibility index (Phi) is 3.67. The van der Waals surface area contributed by atoms with Crippen LogP contribution < -0.4 is 0 Å². The van der Waals surface area contributed by atoms with Gasteiger partial charge in [-0.1, -0.05) is 6.07 Å². The summed E-state index contributed by atoms with van der Waals surface area (Å²) in [6.07, 6.45) is 2.86. The number of likely N-dealkylation sites (tertiary alicyclic amines) is 1. The topological polar surface area (TPSA) is 23.5 Å². The Morgan fingerprint density at radius 1 is 1.38 bits per heavy atom. The van der Waals surface area contributed by atoms with Gasteiger partial charge in [-0.25, -0.2) is 0 Å². The van der Waals surface area contributed by atoms with Gasteiger partial charge in [0.2, 0.25) is 0 Å². The molecule has 1 fully saturated rings. The molecule has 1 atom stereocenters. The van der Waals surface area contributed by atoms with Crippen LogP contribution in [0.4, 0.5) is 0 Å². The fourth-order valence-electron chi connectivity index (χ4n) is 2.45. The molecule has 1 aromatic rings. The summed E-state index contributed by atoms with van der Waals surface area (Å²) in [4.78, 5) is 3.60. The van der Waals surface area contributed by atoms with Crippen molar-refractivity contribution in [3.05, 3.63) is 22.4 Å². The molecule has 0 bridgehead atoms. The highest BCUT2D eigenvalue weighted by atomic mass is 32.1. The van der Waals surface area contributed by atoms with Crippen LogP contribution in [0.15, 0.2) is 17.5 Å². The fraction of sp³-hybridized carbons (Fsp3) is 0.692. The SMILES string of the molecule is CC(C)N1CCCC(O)(c2cccs2)CC1. The fourth-order valence-corrected chi connectivity index (χ4v) is 3.33.